The Kier molecular flexibility index (Phi) is 6.08. The number of hydrogen-bond acceptors (Lipinski definition) is 3. The molecule has 0 radical (unpaired) electrons. The summed E-state index contributed by atoms with van der Waals surface area (Å²) < 4.78 is 2.15. The molecule has 0 spiro atoms. The number of fused-ring (bicyclic) bond motifs is 3. The molecule has 202 valence electrons. The predicted octanol–water partition coefficient (Wildman–Crippen LogP) is 9.64. The molecule has 0 saturated heterocycles. The van der Waals surface area contributed by atoms with Crippen molar-refractivity contribution in [3.8, 4) is 51.0 Å². The van der Waals surface area contributed by atoms with E-state index in [1.807, 2.05) is 12.1 Å². The summed E-state index contributed by atoms with van der Waals surface area (Å²) in [5.74, 6) is 1.85. The molecule has 0 unspecified atom stereocenters. The maximum absolute atomic E-state index is 5.11. The van der Waals surface area contributed by atoms with Crippen LogP contribution in [0.5, 0.6) is 0 Å². The SMILES string of the molecule is c1ccc(-c2ccc(-c3nc(-c4cccc(-c5ccccc5)c4)nc(-n4c5ccccc5c5ccccc54)n3)cc2)cc1. The summed E-state index contributed by atoms with van der Waals surface area (Å²) in [6, 6.07) is 54.5. The lowest BCUT2D eigenvalue weighted by molar-refractivity contribution is 0.953. The average molecular weight is 551 g/mol. The van der Waals surface area contributed by atoms with Gasteiger partial charge in [0.2, 0.25) is 5.95 Å². The number of para-hydroxylation sites is 2. The van der Waals surface area contributed by atoms with E-state index in [1.165, 1.54) is 16.3 Å². The lowest BCUT2D eigenvalue weighted by Crippen LogP contribution is -2.06. The molecule has 0 atom stereocenters. The van der Waals surface area contributed by atoms with Gasteiger partial charge in [-0.1, -0.05) is 140 Å². The third-order valence-electron chi connectivity index (χ3n) is 7.88. The molecule has 0 amide bonds. The van der Waals surface area contributed by atoms with Crippen molar-refractivity contribution in [1.82, 2.24) is 19.5 Å². The Morgan fingerprint density at radius 2 is 0.767 bits per heavy atom. The van der Waals surface area contributed by atoms with Crippen LogP contribution in [-0.4, -0.2) is 19.5 Å². The molecule has 4 nitrogen and oxygen atoms in total. The second kappa shape index (κ2) is 10.5. The van der Waals surface area contributed by atoms with Gasteiger partial charge in [-0.05, 0) is 40.5 Å². The van der Waals surface area contributed by atoms with E-state index in [0.717, 1.165) is 38.9 Å². The molecule has 6 aromatic carbocycles. The van der Waals surface area contributed by atoms with Gasteiger partial charge in [0, 0.05) is 21.9 Å². The molecule has 2 aromatic heterocycles. The molecule has 0 aliphatic carbocycles. The predicted molar refractivity (Wildman–Crippen MR) is 176 cm³/mol. The van der Waals surface area contributed by atoms with Crippen LogP contribution in [0.4, 0.5) is 0 Å². The first-order valence-corrected chi connectivity index (χ1v) is 14.4. The molecule has 0 N–H and O–H groups in total. The molecule has 0 saturated carbocycles. The first-order valence-electron chi connectivity index (χ1n) is 14.4. The Balaban J connectivity index is 1.34. The highest BCUT2D eigenvalue weighted by Gasteiger charge is 2.17. The van der Waals surface area contributed by atoms with Crippen LogP contribution in [0.2, 0.25) is 0 Å². The Morgan fingerprint density at radius 3 is 1.40 bits per heavy atom. The second-order valence-corrected chi connectivity index (χ2v) is 10.5. The zero-order valence-corrected chi connectivity index (χ0v) is 23.3. The van der Waals surface area contributed by atoms with Gasteiger partial charge in [0.1, 0.15) is 0 Å². The van der Waals surface area contributed by atoms with E-state index in [0.29, 0.717) is 17.6 Å². The molecule has 0 bridgehead atoms. The summed E-state index contributed by atoms with van der Waals surface area (Å²) in [5, 5.41) is 2.33. The molecular formula is C39H26N4. The quantitative estimate of drug-likeness (QED) is 0.214. The van der Waals surface area contributed by atoms with Gasteiger partial charge in [-0.2, -0.15) is 9.97 Å². The molecule has 0 fully saturated rings. The van der Waals surface area contributed by atoms with E-state index in [2.05, 4.69) is 150 Å². The van der Waals surface area contributed by atoms with Crippen LogP contribution in [-0.2, 0) is 0 Å². The van der Waals surface area contributed by atoms with E-state index in [4.69, 9.17) is 15.0 Å². The van der Waals surface area contributed by atoms with Crippen LogP contribution in [0, 0.1) is 0 Å². The van der Waals surface area contributed by atoms with Crippen LogP contribution in [0.15, 0.2) is 158 Å². The third-order valence-corrected chi connectivity index (χ3v) is 7.88. The van der Waals surface area contributed by atoms with Crippen LogP contribution in [0.1, 0.15) is 0 Å². The molecule has 8 rings (SSSR count). The summed E-state index contributed by atoms with van der Waals surface area (Å²) in [6.45, 7) is 0. The second-order valence-electron chi connectivity index (χ2n) is 10.5. The van der Waals surface area contributed by atoms with Crippen molar-refractivity contribution in [2.24, 2.45) is 0 Å². The monoisotopic (exact) mass is 550 g/mol. The normalized spacial score (nSPS) is 11.3. The molecule has 4 heteroatoms. The summed E-state index contributed by atoms with van der Waals surface area (Å²) in [6.07, 6.45) is 0. The van der Waals surface area contributed by atoms with Gasteiger partial charge in [0.05, 0.1) is 11.0 Å². The standard InChI is InChI=1S/C39H26N4/c1-3-12-27(13-4-1)29-22-24-30(25-23-29)37-40-38(32-17-11-16-31(26-32)28-14-5-2-6-15-28)42-39(41-37)43-35-20-9-7-18-33(35)34-19-8-10-21-36(34)43/h1-26H. The lowest BCUT2D eigenvalue weighted by Gasteiger charge is -2.12. The van der Waals surface area contributed by atoms with Crippen molar-refractivity contribution >= 4 is 21.8 Å². The van der Waals surface area contributed by atoms with Gasteiger partial charge in [0.15, 0.2) is 11.6 Å². The zero-order valence-electron chi connectivity index (χ0n) is 23.3. The summed E-state index contributed by atoms with van der Waals surface area (Å²) in [7, 11) is 0. The van der Waals surface area contributed by atoms with Gasteiger partial charge in [0.25, 0.3) is 0 Å². The van der Waals surface area contributed by atoms with Crippen molar-refractivity contribution in [2.45, 2.75) is 0 Å². The zero-order chi connectivity index (χ0) is 28.6. The molecule has 2 heterocycles. The average Bonchev–Trinajstić information content (AvgIpc) is 3.43. The Labute approximate surface area is 249 Å². The highest BCUT2D eigenvalue weighted by atomic mass is 15.2. The van der Waals surface area contributed by atoms with Gasteiger partial charge >= 0.3 is 0 Å². The highest BCUT2D eigenvalue weighted by molar-refractivity contribution is 6.09. The van der Waals surface area contributed by atoms with E-state index in [1.54, 1.807) is 0 Å². The van der Waals surface area contributed by atoms with Crippen LogP contribution in [0.3, 0.4) is 0 Å². The fraction of sp³-hybridized carbons (Fsp3) is 0. The lowest BCUT2D eigenvalue weighted by atomic mass is 10.0. The molecule has 0 aliphatic heterocycles. The van der Waals surface area contributed by atoms with Crippen LogP contribution in [0.25, 0.3) is 72.8 Å². The van der Waals surface area contributed by atoms with Crippen LogP contribution >= 0.6 is 0 Å². The maximum atomic E-state index is 5.11. The van der Waals surface area contributed by atoms with E-state index in [-0.39, 0.29) is 0 Å². The number of benzene rings is 6. The topological polar surface area (TPSA) is 43.6 Å². The number of aromatic nitrogens is 4. The maximum Gasteiger partial charge on any atom is 0.238 e. The smallest absolute Gasteiger partial charge is 0.238 e. The molecule has 8 aromatic rings. The Bertz CT molecular complexity index is 2160. The van der Waals surface area contributed by atoms with Gasteiger partial charge < -0.3 is 0 Å². The first-order chi connectivity index (χ1) is 21.3. The Hall–Kier alpha value is -5.87. The van der Waals surface area contributed by atoms with Gasteiger partial charge in [-0.25, -0.2) is 4.98 Å². The summed E-state index contributed by atoms with van der Waals surface area (Å²) in [4.78, 5) is 15.3. The van der Waals surface area contributed by atoms with Crippen molar-refractivity contribution < 1.29 is 0 Å². The summed E-state index contributed by atoms with van der Waals surface area (Å²) >= 11 is 0. The minimum absolute atomic E-state index is 0.592. The third kappa shape index (κ3) is 4.55. The number of nitrogens with zero attached hydrogens (tertiary/aromatic N) is 4. The molecule has 0 aliphatic rings. The van der Waals surface area contributed by atoms with Gasteiger partial charge in [-0.15, -0.1) is 0 Å². The molecular weight excluding hydrogens is 524 g/mol. The van der Waals surface area contributed by atoms with Gasteiger partial charge in [-0.3, -0.25) is 4.57 Å². The summed E-state index contributed by atoms with van der Waals surface area (Å²) in [5.41, 5.74) is 8.58. The number of hydrogen-bond donors (Lipinski definition) is 0. The Morgan fingerprint density at radius 1 is 0.326 bits per heavy atom. The van der Waals surface area contributed by atoms with Crippen molar-refractivity contribution in [1.29, 1.82) is 0 Å². The minimum atomic E-state index is 0.592. The van der Waals surface area contributed by atoms with Crippen LogP contribution < -0.4 is 0 Å². The fourth-order valence-electron chi connectivity index (χ4n) is 5.77. The van der Waals surface area contributed by atoms with Crippen molar-refractivity contribution in [2.75, 3.05) is 0 Å². The minimum Gasteiger partial charge on any atom is -0.278 e. The van der Waals surface area contributed by atoms with E-state index in [9.17, 15) is 0 Å². The largest absolute Gasteiger partial charge is 0.278 e. The van der Waals surface area contributed by atoms with E-state index >= 15 is 0 Å². The number of rotatable bonds is 5. The first kappa shape index (κ1) is 24.9. The molecule has 43 heavy (non-hydrogen) atoms. The van der Waals surface area contributed by atoms with Crippen molar-refractivity contribution in [3.63, 3.8) is 0 Å². The van der Waals surface area contributed by atoms with E-state index < -0.39 is 0 Å². The van der Waals surface area contributed by atoms with Crippen molar-refractivity contribution in [3.05, 3.63) is 158 Å². The highest BCUT2D eigenvalue weighted by Crippen LogP contribution is 2.33. The fourth-order valence-corrected chi connectivity index (χ4v) is 5.77.